The Balaban J connectivity index is 3.07. The Morgan fingerprint density at radius 3 is 2.69 bits per heavy atom. The van der Waals surface area contributed by atoms with Gasteiger partial charge in [0.15, 0.2) is 0 Å². The molecule has 0 radical (unpaired) electrons. The van der Waals surface area contributed by atoms with Crippen LogP contribution < -0.4 is 10.5 Å². The average molecular weight is 238 g/mol. The first-order chi connectivity index (χ1) is 7.42. The van der Waals surface area contributed by atoms with Gasteiger partial charge in [-0.3, -0.25) is 4.72 Å². The van der Waals surface area contributed by atoms with E-state index in [4.69, 9.17) is 5.73 Å². The van der Waals surface area contributed by atoms with Gasteiger partial charge in [-0.05, 0) is 24.6 Å². The molecule has 16 heavy (non-hydrogen) atoms. The van der Waals surface area contributed by atoms with Crippen LogP contribution in [0.25, 0.3) is 0 Å². The van der Waals surface area contributed by atoms with Gasteiger partial charge in [0, 0.05) is 11.3 Å². The van der Waals surface area contributed by atoms with Crippen LogP contribution in [-0.2, 0) is 10.0 Å². The summed E-state index contributed by atoms with van der Waals surface area (Å²) in [6.45, 7) is 2.19. The van der Waals surface area contributed by atoms with Crippen LogP contribution in [0.5, 0.6) is 0 Å². The lowest BCUT2D eigenvalue weighted by atomic mass is 10.1. The second kappa shape index (κ2) is 5.01. The van der Waals surface area contributed by atoms with Crippen molar-refractivity contribution in [3.63, 3.8) is 0 Å². The minimum absolute atomic E-state index is 0.281. The molecule has 1 rings (SSSR count). The Labute approximate surface area is 95.9 Å². The summed E-state index contributed by atoms with van der Waals surface area (Å²) in [6, 6.07) is 5.21. The normalized spacial score (nSPS) is 10.4. The summed E-state index contributed by atoms with van der Waals surface area (Å²) >= 11 is 0. The highest BCUT2D eigenvalue weighted by atomic mass is 32.2. The minimum atomic E-state index is -3.25. The molecule has 0 amide bonds. The zero-order valence-corrected chi connectivity index (χ0v) is 10.1. The zero-order chi connectivity index (χ0) is 12.2. The molecule has 0 saturated heterocycles. The van der Waals surface area contributed by atoms with Crippen LogP contribution in [0, 0.1) is 18.8 Å². The summed E-state index contributed by atoms with van der Waals surface area (Å²) in [5, 5.41) is 0. The van der Waals surface area contributed by atoms with Crippen molar-refractivity contribution in [3.05, 3.63) is 29.3 Å². The molecule has 0 heterocycles. The highest BCUT2D eigenvalue weighted by Gasteiger charge is 2.03. The molecular weight excluding hydrogens is 224 g/mol. The molecule has 0 aliphatic carbocycles. The SMILES string of the molecule is Cc1ccc(NS(C)(=O)=O)cc1C#CCN. The molecule has 0 aliphatic rings. The van der Waals surface area contributed by atoms with Crippen molar-refractivity contribution in [3.8, 4) is 11.8 Å². The highest BCUT2D eigenvalue weighted by molar-refractivity contribution is 7.92. The van der Waals surface area contributed by atoms with Crippen molar-refractivity contribution >= 4 is 15.7 Å². The summed E-state index contributed by atoms with van der Waals surface area (Å²) in [4.78, 5) is 0. The van der Waals surface area contributed by atoms with Gasteiger partial charge in [-0.25, -0.2) is 8.42 Å². The third kappa shape index (κ3) is 3.93. The van der Waals surface area contributed by atoms with Crippen molar-refractivity contribution < 1.29 is 8.42 Å². The number of rotatable bonds is 2. The van der Waals surface area contributed by atoms with Crippen molar-refractivity contribution in [2.24, 2.45) is 5.73 Å². The van der Waals surface area contributed by atoms with E-state index < -0.39 is 10.0 Å². The first kappa shape index (κ1) is 12.6. The van der Waals surface area contributed by atoms with E-state index in [2.05, 4.69) is 16.6 Å². The van der Waals surface area contributed by atoms with Gasteiger partial charge >= 0.3 is 0 Å². The number of benzene rings is 1. The number of aryl methyl sites for hydroxylation is 1. The lowest BCUT2D eigenvalue weighted by Gasteiger charge is -2.05. The fourth-order valence-corrected chi connectivity index (χ4v) is 1.74. The smallest absolute Gasteiger partial charge is 0.229 e. The van der Waals surface area contributed by atoms with E-state index in [0.717, 1.165) is 17.4 Å². The predicted octanol–water partition coefficient (Wildman–Crippen LogP) is 0.677. The minimum Gasteiger partial charge on any atom is -0.320 e. The molecule has 86 valence electrons. The molecule has 0 spiro atoms. The van der Waals surface area contributed by atoms with E-state index in [1.807, 2.05) is 13.0 Å². The van der Waals surface area contributed by atoms with Crippen molar-refractivity contribution in [2.75, 3.05) is 17.5 Å². The Kier molecular flexibility index (Phi) is 3.93. The van der Waals surface area contributed by atoms with Crippen LogP contribution in [0.3, 0.4) is 0 Å². The van der Waals surface area contributed by atoms with E-state index in [0.29, 0.717) is 5.69 Å². The van der Waals surface area contributed by atoms with E-state index in [9.17, 15) is 8.42 Å². The van der Waals surface area contributed by atoms with Gasteiger partial charge in [0.2, 0.25) is 10.0 Å². The fraction of sp³-hybridized carbons (Fsp3) is 0.273. The average Bonchev–Trinajstić information content (AvgIpc) is 2.17. The predicted molar refractivity (Wildman–Crippen MR) is 65.6 cm³/mol. The highest BCUT2D eigenvalue weighted by Crippen LogP contribution is 2.15. The number of sulfonamides is 1. The van der Waals surface area contributed by atoms with Gasteiger partial charge in [0.25, 0.3) is 0 Å². The number of hydrogen-bond acceptors (Lipinski definition) is 3. The maximum Gasteiger partial charge on any atom is 0.229 e. The zero-order valence-electron chi connectivity index (χ0n) is 9.24. The van der Waals surface area contributed by atoms with Gasteiger partial charge in [-0.2, -0.15) is 0 Å². The van der Waals surface area contributed by atoms with E-state index >= 15 is 0 Å². The fourth-order valence-electron chi connectivity index (χ4n) is 1.18. The number of hydrogen-bond donors (Lipinski definition) is 2. The number of nitrogens with two attached hydrogens (primary N) is 1. The first-order valence-corrected chi connectivity index (χ1v) is 6.59. The van der Waals surface area contributed by atoms with Crippen LogP contribution in [0.1, 0.15) is 11.1 Å². The topological polar surface area (TPSA) is 72.2 Å². The summed E-state index contributed by atoms with van der Waals surface area (Å²) in [6.07, 6.45) is 1.11. The summed E-state index contributed by atoms with van der Waals surface area (Å²) < 4.78 is 24.5. The summed E-state index contributed by atoms with van der Waals surface area (Å²) in [5.41, 5.74) is 7.55. The molecule has 3 N–H and O–H groups in total. The van der Waals surface area contributed by atoms with Crippen molar-refractivity contribution in [2.45, 2.75) is 6.92 Å². The molecule has 0 bridgehead atoms. The molecule has 0 atom stereocenters. The van der Waals surface area contributed by atoms with Gasteiger partial charge in [-0.15, -0.1) is 0 Å². The Bertz CT molecular complexity index is 539. The molecule has 0 fully saturated rings. The van der Waals surface area contributed by atoms with Crippen molar-refractivity contribution in [1.29, 1.82) is 0 Å². The van der Waals surface area contributed by atoms with Crippen LogP contribution >= 0.6 is 0 Å². The van der Waals surface area contributed by atoms with Crippen molar-refractivity contribution in [1.82, 2.24) is 0 Å². The second-order valence-corrected chi connectivity index (χ2v) is 5.16. The maximum absolute atomic E-state index is 11.0. The van der Waals surface area contributed by atoms with Crippen LogP contribution in [0.4, 0.5) is 5.69 Å². The first-order valence-electron chi connectivity index (χ1n) is 4.70. The van der Waals surface area contributed by atoms with E-state index in [-0.39, 0.29) is 6.54 Å². The number of anilines is 1. The molecule has 1 aromatic carbocycles. The lowest BCUT2D eigenvalue weighted by Crippen LogP contribution is -2.09. The standard InChI is InChI=1S/C11H14N2O2S/c1-9-5-6-11(13-16(2,14)15)8-10(9)4-3-7-12/h5-6,8,13H,7,12H2,1-2H3. The van der Waals surface area contributed by atoms with Gasteiger partial charge < -0.3 is 5.73 Å². The van der Waals surface area contributed by atoms with Gasteiger partial charge in [0.1, 0.15) is 0 Å². The largest absolute Gasteiger partial charge is 0.320 e. The Morgan fingerprint density at radius 1 is 1.44 bits per heavy atom. The quantitative estimate of drug-likeness (QED) is 0.744. The number of nitrogens with one attached hydrogen (secondary N) is 1. The molecule has 5 heteroatoms. The Morgan fingerprint density at radius 2 is 2.12 bits per heavy atom. The monoisotopic (exact) mass is 238 g/mol. The Hall–Kier alpha value is -1.51. The van der Waals surface area contributed by atoms with Gasteiger partial charge in [0.05, 0.1) is 12.8 Å². The van der Waals surface area contributed by atoms with Gasteiger partial charge in [-0.1, -0.05) is 17.9 Å². The molecule has 1 aromatic rings. The third-order valence-electron chi connectivity index (χ3n) is 1.87. The second-order valence-electron chi connectivity index (χ2n) is 3.41. The summed E-state index contributed by atoms with van der Waals surface area (Å²) in [7, 11) is -3.25. The van der Waals surface area contributed by atoms with Crippen LogP contribution in [-0.4, -0.2) is 21.2 Å². The van der Waals surface area contributed by atoms with E-state index in [1.165, 1.54) is 0 Å². The molecule has 0 saturated carbocycles. The molecule has 0 aromatic heterocycles. The van der Waals surface area contributed by atoms with Crippen LogP contribution in [0.15, 0.2) is 18.2 Å². The molecule has 0 unspecified atom stereocenters. The maximum atomic E-state index is 11.0. The van der Waals surface area contributed by atoms with E-state index in [1.54, 1.807) is 12.1 Å². The lowest BCUT2D eigenvalue weighted by molar-refractivity contribution is 0.607. The molecule has 4 nitrogen and oxygen atoms in total. The van der Waals surface area contributed by atoms with Crippen LogP contribution in [0.2, 0.25) is 0 Å². The third-order valence-corrected chi connectivity index (χ3v) is 2.47. The molecule has 0 aliphatic heterocycles. The summed E-state index contributed by atoms with van der Waals surface area (Å²) in [5.74, 6) is 5.62. The molecular formula is C11H14N2O2S.